The summed E-state index contributed by atoms with van der Waals surface area (Å²) in [6.07, 6.45) is 1.12. The van der Waals surface area contributed by atoms with Crippen LogP contribution in [0.2, 0.25) is 0 Å². The van der Waals surface area contributed by atoms with E-state index in [9.17, 15) is 5.11 Å². The zero-order valence-corrected chi connectivity index (χ0v) is 11.0. The monoisotopic (exact) mass is 242 g/mol. The van der Waals surface area contributed by atoms with Crippen LogP contribution >= 0.6 is 0 Å². The zero-order valence-electron chi connectivity index (χ0n) is 11.0. The largest absolute Gasteiger partial charge is 0.384 e. The van der Waals surface area contributed by atoms with Gasteiger partial charge in [-0.05, 0) is 24.1 Å². The minimum atomic E-state index is -0.617. The molecule has 0 aliphatic heterocycles. The Hall–Kier alpha value is -1.87. The molecule has 0 aliphatic rings. The van der Waals surface area contributed by atoms with Crippen molar-refractivity contribution in [3.8, 4) is 0 Å². The van der Waals surface area contributed by atoms with Crippen LogP contribution in [0.15, 0.2) is 42.6 Å². The number of aliphatic hydroxyl groups is 1. The lowest BCUT2D eigenvalue weighted by Gasteiger charge is -2.17. The van der Waals surface area contributed by atoms with Crippen LogP contribution in [0.3, 0.4) is 0 Å². The summed E-state index contributed by atoms with van der Waals surface area (Å²) in [4.78, 5) is 6.36. The molecule has 0 fully saturated rings. The molecule has 0 aliphatic carbocycles. The molecule has 1 aromatic carbocycles. The predicted molar refractivity (Wildman–Crippen MR) is 73.8 cm³/mol. The number of aromatic nitrogens is 1. The van der Waals surface area contributed by atoms with Crippen molar-refractivity contribution in [1.82, 2.24) is 4.98 Å². The molecule has 2 aromatic rings. The van der Waals surface area contributed by atoms with E-state index in [1.807, 2.05) is 62.3 Å². The fourth-order valence-electron chi connectivity index (χ4n) is 2.03. The number of nitrogens with zero attached hydrogens (tertiary/aromatic N) is 2. The van der Waals surface area contributed by atoms with Gasteiger partial charge in [0.1, 0.15) is 11.9 Å². The summed E-state index contributed by atoms with van der Waals surface area (Å²) in [5, 5.41) is 10.3. The van der Waals surface area contributed by atoms with Crippen LogP contribution < -0.4 is 4.90 Å². The molecule has 0 amide bonds. The molecule has 0 bridgehead atoms. The number of anilines is 1. The van der Waals surface area contributed by atoms with Gasteiger partial charge in [0.2, 0.25) is 0 Å². The maximum Gasteiger partial charge on any atom is 0.130 e. The van der Waals surface area contributed by atoms with E-state index in [0.29, 0.717) is 0 Å². The molecule has 1 N–H and O–H groups in total. The quantitative estimate of drug-likeness (QED) is 0.898. The molecule has 3 nitrogen and oxygen atoms in total. The van der Waals surface area contributed by atoms with Crippen molar-refractivity contribution >= 4 is 5.82 Å². The van der Waals surface area contributed by atoms with E-state index < -0.39 is 6.10 Å². The molecule has 94 valence electrons. The number of hydrogen-bond donors (Lipinski definition) is 1. The number of pyridine rings is 1. The summed E-state index contributed by atoms with van der Waals surface area (Å²) in [5.41, 5.74) is 2.77. The van der Waals surface area contributed by atoms with E-state index in [4.69, 9.17) is 0 Å². The number of aryl methyl sites for hydroxylation is 1. The SMILES string of the molecule is Cc1cc([C@@H](O)c2ccccc2)cnc1N(C)C. The summed E-state index contributed by atoms with van der Waals surface area (Å²) in [6, 6.07) is 11.6. The number of rotatable bonds is 3. The van der Waals surface area contributed by atoms with Crippen molar-refractivity contribution in [3.63, 3.8) is 0 Å². The first kappa shape index (κ1) is 12.6. The van der Waals surface area contributed by atoms with E-state index in [1.54, 1.807) is 6.20 Å². The maximum absolute atomic E-state index is 10.3. The minimum Gasteiger partial charge on any atom is -0.384 e. The molecule has 3 heteroatoms. The Morgan fingerprint density at radius 1 is 1.11 bits per heavy atom. The Kier molecular flexibility index (Phi) is 3.63. The van der Waals surface area contributed by atoms with E-state index in [2.05, 4.69) is 4.98 Å². The molecule has 0 radical (unpaired) electrons. The molecule has 18 heavy (non-hydrogen) atoms. The van der Waals surface area contributed by atoms with Gasteiger partial charge in [0, 0.05) is 25.9 Å². The summed E-state index contributed by atoms with van der Waals surface area (Å²) in [6.45, 7) is 2.00. The fraction of sp³-hybridized carbons (Fsp3) is 0.267. The first-order chi connectivity index (χ1) is 8.59. The molecule has 2 rings (SSSR count). The molecule has 0 saturated heterocycles. The molecule has 1 aromatic heterocycles. The van der Waals surface area contributed by atoms with Gasteiger partial charge in [0.15, 0.2) is 0 Å². The molecular formula is C15H18N2O. The lowest BCUT2D eigenvalue weighted by Crippen LogP contribution is -2.13. The summed E-state index contributed by atoms with van der Waals surface area (Å²) < 4.78 is 0. The Labute approximate surface area is 108 Å². The van der Waals surface area contributed by atoms with Crippen LogP contribution in [0.1, 0.15) is 22.8 Å². The van der Waals surface area contributed by atoms with Crippen LogP contribution in [0.25, 0.3) is 0 Å². The second-order valence-corrected chi connectivity index (χ2v) is 4.62. The highest BCUT2D eigenvalue weighted by Crippen LogP contribution is 2.24. The van der Waals surface area contributed by atoms with Crippen molar-refractivity contribution in [2.75, 3.05) is 19.0 Å². The minimum absolute atomic E-state index is 0.617. The Morgan fingerprint density at radius 3 is 2.33 bits per heavy atom. The van der Waals surface area contributed by atoms with Crippen molar-refractivity contribution in [3.05, 3.63) is 59.3 Å². The lowest BCUT2D eigenvalue weighted by molar-refractivity contribution is 0.220. The van der Waals surface area contributed by atoms with Gasteiger partial charge in [-0.3, -0.25) is 0 Å². The number of benzene rings is 1. The maximum atomic E-state index is 10.3. The van der Waals surface area contributed by atoms with Crippen LogP contribution in [-0.2, 0) is 0 Å². The van der Waals surface area contributed by atoms with Gasteiger partial charge in [-0.1, -0.05) is 30.3 Å². The van der Waals surface area contributed by atoms with Gasteiger partial charge in [-0.2, -0.15) is 0 Å². The first-order valence-corrected chi connectivity index (χ1v) is 5.96. The normalized spacial score (nSPS) is 12.2. The van der Waals surface area contributed by atoms with Crippen LogP contribution in [-0.4, -0.2) is 24.2 Å². The van der Waals surface area contributed by atoms with Crippen LogP contribution in [0, 0.1) is 6.92 Å². The van der Waals surface area contributed by atoms with E-state index in [-0.39, 0.29) is 0 Å². The van der Waals surface area contributed by atoms with E-state index in [0.717, 1.165) is 22.5 Å². The van der Waals surface area contributed by atoms with Gasteiger partial charge in [-0.15, -0.1) is 0 Å². The third-order valence-electron chi connectivity index (χ3n) is 2.93. The van der Waals surface area contributed by atoms with Crippen molar-refractivity contribution in [2.24, 2.45) is 0 Å². The smallest absolute Gasteiger partial charge is 0.130 e. The molecule has 0 spiro atoms. The molecule has 1 atom stereocenters. The van der Waals surface area contributed by atoms with Gasteiger partial charge >= 0.3 is 0 Å². The molecule has 1 heterocycles. The van der Waals surface area contributed by atoms with Crippen molar-refractivity contribution in [2.45, 2.75) is 13.0 Å². The van der Waals surface area contributed by atoms with E-state index in [1.165, 1.54) is 0 Å². The van der Waals surface area contributed by atoms with Crippen molar-refractivity contribution < 1.29 is 5.11 Å². The highest BCUT2D eigenvalue weighted by Gasteiger charge is 2.12. The first-order valence-electron chi connectivity index (χ1n) is 5.96. The van der Waals surface area contributed by atoms with Crippen molar-refractivity contribution in [1.29, 1.82) is 0 Å². The van der Waals surface area contributed by atoms with Gasteiger partial charge in [0.05, 0.1) is 0 Å². The third kappa shape index (κ3) is 2.51. The highest BCUT2D eigenvalue weighted by atomic mass is 16.3. The second-order valence-electron chi connectivity index (χ2n) is 4.62. The summed E-state index contributed by atoms with van der Waals surface area (Å²) in [5.74, 6) is 0.930. The average Bonchev–Trinajstić information content (AvgIpc) is 2.38. The summed E-state index contributed by atoms with van der Waals surface area (Å²) in [7, 11) is 3.92. The van der Waals surface area contributed by atoms with Gasteiger partial charge in [-0.25, -0.2) is 4.98 Å². The van der Waals surface area contributed by atoms with Gasteiger partial charge in [0.25, 0.3) is 0 Å². The number of hydrogen-bond acceptors (Lipinski definition) is 3. The Balaban J connectivity index is 2.32. The number of aliphatic hydroxyl groups excluding tert-OH is 1. The topological polar surface area (TPSA) is 36.4 Å². The Bertz CT molecular complexity index is 523. The zero-order chi connectivity index (χ0) is 13.1. The second kappa shape index (κ2) is 5.19. The standard InChI is InChI=1S/C15H18N2O/c1-11-9-13(10-16-15(11)17(2)3)14(18)12-7-5-4-6-8-12/h4-10,14,18H,1-3H3/t14-/m0/s1. The van der Waals surface area contributed by atoms with Gasteiger partial charge < -0.3 is 10.0 Å². The summed E-state index contributed by atoms with van der Waals surface area (Å²) >= 11 is 0. The highest BCUT2D eigenvalue weighted by molar-refractivity contribution is 5.47. The van der Waals surface area contributed by atoms with E-state index >= 15 is 0 Å². The lowest BCUT2D eigenvalue weighted by atomic mass is 10.0. The van der Waals surface area contributed by atoms with Crippen LogP contribution in [0.4, 0.5) is 5.82 Å². The Morgan fingerprint density at radius 2 is 1.78 bits per heavy atom. The predicted octanol–water partition coefficient (Wildman–Crippen LogP) is 2.54. The molecule has 0 unspecified atom stereocenters. The average molecular weight is 242 g/mol. The third-order valence-corrected chi connectivity index (χ3v) is 2.93. The molecular weight excluding hydrogens is 224 g/mol. The molecule has 0 saturated carbocycles. The van der Waals surface area contributed by atoms with Crippen LogP contribution in [0.5, 0.6) is 0 Å². The fourth-order valence-corrected chi connectivity index (χ4v) is 2.03.